The summed E-state index contributed by atoms with van der Waals surface area (Å²) < 4.78 is 4.44. The summed E-state index contributed by atoms with van der Waals surface area (Å²) in [5.74, 6) is 0.567. The van der Waals surface area contributed by atoms with Crippen molar-refractivity contribution in [3.8, 4) is 17.1 Å². The molecule has 0 unspecified atom stereocenters. The molecule has 0 aliphatic heterocycles. The number of nitrogens with zero attached hydrogens (tertiary/aromatic N) is 4. The minimum atomic E-state index is 0.567. The quantitative estimate of drug-likeness (QED) is 0.422. The topological polar surface area (TPSA) is 35.6 Å². The van der Waals surface area contributed by atoms with Crippen LogP contribution in [0.3, 0.4) is 0 Å². The smallest absolute Gasteiger partial charge is 0.0948 e. The van der Waals surface area contributed by atoms with E-state index in [2.05, 4.69) is 44.3 Å². The molecule has 0 radical (unpaired) electrons. The van der Waals surface area contributed by atoms with Crippen molar-refractivity contribution in [2.75, 3.05) is 0 Å². The zero-order valence-electron chi connectivity index (χ0n) is 16.0. The maximum atomic E-state index is 6.17. The van der Waals surface area contributed by atoms with Gasteiger partial charge in [0.1, 0.15) is 0 Å². The Morgan fingerprint density at radius 3 is 2.46 bits per heavy atom. The minimum Gasteiger partial charge on any atom is -0.333 e. The molecule has 3 heterocycles. The lowest BCUT2D eigenvalue weighted by molar-refractivity contribution is 0.446. The maximum absolute atomic E-state index is 6.17. The zero-order chi connectivity index (χ0) is 19.1. The van der Waals surface area contributed by atoms with Gasteiger partial charge in [0.25, 0.3) is 0 Å². The van der Waals surface area contributed by atoms with Crippen LogP contribution in [-0.4, -0.2) is 19.1 Å². The molecule has 5 rings (SSSR count). The lowest BCUT2D eigenvalue weighted by Crippen LogP contribution is -2.08. The molecule has 0 N–H and O–H groups in total. The first-order valence-corrected chi connectivity index (χ1v) is 10.3. The van der Waals surface area contributed by atoms with Crippen LogP contribution in [-0.2, 0) is 7.05 Å². The van der Waals surface area contributed by atoms with E-state index in [-0.39, 0.29) is 0 Å². The molecule has 0 saturated heterocycles. The molecule has 1 saturated carbocycles. The molecule has 0 bridgehead atoms. The molecule has 3 aromatic heterocycles. The van der Waals surface area contributed by atoms with Crippen molar-refractivity contribution in [1.82, 2.24) is 19.1 Å². The van der Waals surface area contributed by atoms with Gasteiger partial charge in [0.2, 0.25) is 0 Å². The summed E-state index contributed by atoms with van der Waals surface area (Å²) in [5, 5.41) is 2.04. The Labute approximate surface area is 169 Å². The molecule has 0 atom stereocenters. The first kappa shape index (κ1) is 17.5. The summed E-state index contributed by atoms with van der Waals surface area (Å²) in [6.07, 6.45) is 14.2. The number of halogens is 1. The van der Waals surface area contributed by atoms with Crippen LogP contribution in [0.1, 0.15) is 43.6 Å². The number of aryl methyl sites for hydroxylation is 1. The van der Waals surface area contributed by atoms with E-state index in [9.17, 15) is 0 Å². The highest BCUT2D eigenvalue weighted by molar-refractivity contribution is 6.30. The fraction of sp³-hybridized carbons (Fsp3) is 0.304. The van der Waals surface area contributed by atoms with Crippen molar-refractivity contribution < 1.29 is 0 Å². The van der Waals surface area contributed by atoms with Gasteiger partial charge in [-0.3, -0.25) is 4.98 Å². The summed E-state index contributed by atoms with van der Waals surface area (Å²) in [7, 11) is 2.06. The first-order chi connectivity index (χ1) is 13.7. The monoisotopic (exact) mass is 390 g/mol. The van der Waals surface area contributed by atoms with E-state index in [1.807, 2.05) is 37.1 Å². The van der Waals surface area contributed by atoms with E-state index in [1.165, 1.54) is 48.7 Å². The molecule has 1 aliphatic rings. The Morgan fingerprint density at radius 1 is 0.964 bits per heavy atom. The fourth-order valence-electron chi connectivity index (χ4n) is 4.66. The van der Waals surface area contributed by atoms with E-state index in [0.29, 0.717) is 5.92 Å². The van der Waals surface area contributed by atoms with E-state index < -0.39 is 0 Å². The van der Waals surface area contributed by atoms with Gasteiger partial charge in [-0.05, 0) is 54.7 Å². The fourth-order valence-corrected chi connectivity index (χ4v) is 4.79. The second kappa shape index (κ2) is 7.10. The maximum Gasteiger partial charge on any atom is 0.0948 e. The highest BCUT2D eigenvalue weighted by Gasteiger charge is 2.28. The number of pyridine rings is 1. The molecule has 5 heteroatoms. The number of rotatable bonds is 3. The molecule has 1 aliphatic carbocycles. The van der Waals surface area contributed by atoms with E-state index in [1.54, 1.807) is 0 Å². The zero-order valence-corrected chi connectivity index (χ0v) is 16.7. The number of imidazole rings is 1. The minimum absolute atomic E-state index is 0.567. The molecule has 4 aromatic rings. The van der Waals surface area contributed by atoms with Gasteiger partial charge in [0, 0.05) is 29.3 Å². The lowest BCUT2D eigenvalue weighted by atomic mass is 9.82. The number of hydrogen-bond acceptors (Lipinski definition) is 2. The molecule has 0 spiro atoms. The van der Waals surface area contributed by atoms with Crippen LogP contribution < -0.4 is 0 Å². The summed E-state index contributed by atoms with van der Waals surface area (Å²) in [6, 6.07) is 10.2. The molecular formula is C23H23ClN4. The van der Waals surface area contributed by atoms with Gasteiger partial charge < -0.3 is 9.13 Å². The van der Waals surface area contributed by atoms with Gasteiger partial charge in [0.15, 0.2) is 0 Å². The highest BCUT2D eigenvalue weighted by Crippen LogP contribution is 2.44. The predicted molar refractivity (Wildman–Crippen MR) is 114 cm³/mol. The van der Waals surface area contributed by atoms with Crippen LogP contribution in [0.25, 0.3) is 28.0 Å². The molecular weight excluding hydrogens is 368 g/mol. The third kappa shape index (κ3) is 2.83. The predicted octanol–water partition coefficient (Wildman–Crippen LogP) is 6.13. The normalized spacial score (nSPS) is 15.4. The van der Waals surface area contributed by atoms with E-state index in [0.717, 1.165) is 21.9 Å². The van der Waals surface area contributed by atoms with Gasteiger partial charge in [-0.15, -0.1) is 0 Å². The largest absolute Gasteiger partial charge is 0.333 e. The van der Waals surface area contributed by atoms with Crippen LogP contribution in [0, 0.1) is 0 Å². The van der Waals surface area contributed by atoms with Crippen LogP contribution in [0.2, 0.25) is 5.02 Å². The SMILES string of the molecule is Cn1cncc1-c1c(C2CCCCC2)c2ccncc2n1-c1ccc(Cl)cc1. The Kier molecular flexibility index (Phi) is 4.44. The summed E-state index contributed by atoms with van der Waals surface area (Å²) in [4.78, 5) is 8.87. The van der Waals surface area contributed by atoms with Crippen LogP contribution in [0.4, 0.5) is 0 Å². The van der Waals surface area contributed by atoms with Gasteiger partial charge in [-0.25, -0.2) is 4.98 Å². The van der Waals surface area contributed by atoms with E-state index >= 15 is 0 Å². The Hall–Kier alpha value is -2.59. The number of benzene rings is 1. The third-order valence-corrected chi connectivity index (χ3v) is 6.22. The Bertz CT molecular complexity index is 1120. The second-order valence-electron chi connectivity index (χ2n) is 7.69. The molecule has 1 aromatic carbocycles. The van der Waals surface area contributed by atoms with Crippen molar-refractivity contribution in [3.63, 3.8) is 0 Å². The average Bonchev–Trinajstić information content (AvgIpc) is 3.30. The summed E-state index contributed by atoms with van der Waals surface area (Å²) >= 11 is 6.17. The Balaban J connectivity index is 1.87. The van der Waals surface area contributed by atoms with E-state index in [4.69, 9.17) is 11.6 Å². The van der Waals surface area contributed by atoms with Crippen molar-refractivity contribution >= 4 is 22.5 Å². The second-order valence-corrected chi connectivity index (χ2v) is 8.13. The molecule has 1 fully saturated rings. The van der Waals surface area contributed by atoms with Gasteiger partial charge in [0.05, 0.1) is 35.6 Å². The van der Waals surface area contributed by atoms with Gasteiger partial charge >= 0.3 is 0 Å². The molecule has 28 heavy (non-hydrogen) atoms. The van der Waals surface area contributed by atoms with Crippen LogP contribution in [0.5, 0.6) is 0 Å². The number of hydrogen-bond donors (Lipinski definition) is 0. The molecule has 142 valence electrons. The number of fused-ring (bicyclic) bond motifs is 1. The standard InChI is InChI=1S/C23H23ClN4/c1-27-15-26-14-21(27)23-22(16-5-3-2-4-6-16)19-11-12-25-13-20(19)28(23)18-9-7-17(24)8-10-18/h7-16H,2-6H2,1H3. The van der Waals surface area contributed by atoms with Crippen molar-refractivity contribution in [2.45, 2.75) is 38.0 Å². The van der Waals surface area contributed by atoms with Gasteiger partial charge in [-0.2, -0.15) is 0 Å². The summed E-state index contributed by atoms with van der Waals surface area (Å²) in [6.45, 7) is 0. The summed E-state index contributed by atoms with van der Waals surface area (Å²) in [5.41, 5.74) is 6.04. The van der Waals surface area contributed by atoms with Crippen molar-refractivity contribution in [3.05, 3.63) is 65.8 Å². The van der Waals surface area contributed by atoms with Crippen molar-refractivity contribution in [2.24, 2.45) is 7.05 Å². The highest BCUT2D eigenvalue weighted by atomic mass is 35.5. The van der Waals surface area contributed by atoms with Crippen LogP contribution in [0.15, 0.2) is 55.2 Å². The van der Waals surface area contributed by atoms with Crippen LogP contribution >= 0.6 is 11.6 Å². The van der Waals surface area contributed by atoms with Gasteiger partial charge in [-0.1, -0.05) is 30.9 Å². The first-order valence-electron chi connectivity index (χ1n) is 9.95. The third-order valence-electron chi connectivity index (χ3n) is 5.97. The molecule has 0 amide bonds. The number of aromatic nitrogens is 4. The molecule has 4 nitrogen and oxygen atoms in total. The Morgan fingerprint density at radius 2 is 1.75 bits per heavy atom. The van der Waals surface area contributed by atoms with Crippen molar-refractivity contribution in [1.29, 1.82) is 0 Å². The lowest BCUT2D eigenvalue weighted by Gasteiger charge is -2.23. The average molecular weight is 391 g/mol.